The van der Waals surface area contributed by atoms with Gasteiger partial charge in [-0.2, -0.15) is 13.2 Å². The second-order valence-corrected chi connectivity index (χ2v) is 9.47. The van der Waals surface area contributed by atoms with E-state index >= 15 is 0 Å². The average molecular weight is 436 g/mol. The van der Waals surface area contributed by atoms with Crippen LogP contribution in [0, 0.1) is 0 Å². The number of benzene rings is 2. The number of rotatable bonds is 8. The fourth-order valence-electron chi connectivity index (χ4n) is 2.29. The van der Waals surface area contributed by atoms with E-state index < -0.39 is 37.5 Å². The van der Waals surface area contributed by atoms with Crippen molar-refractivity contribution in [3.05, 3.63) is 54.1 Å². The molecule has 0 heterocycles. The quantitative estimate of drug-likeness (QED) is 0.653. The van der Waals surface area contributed by atoms with E-state index in [0.29, 0.717) is 12.8 Å². The zero-order chi connectivity index (χ0) is 21.0. The highest BCUT2D eigenvalue weighted by atomic mass is 32.2. The lowest BCUT2D eigenvalue weighted by atomic mass is 10.2. The van der Waals surface area contributed by atoms with Gasteiger partial charge in [0.25, 0.3) is 10.0 Å². The predicted octanol–water partition coefficient (Wildman–Crippen LogP) is 4.05. The average Bonchev–Trinajstić information content (AvgIpc) is 2.59. The molecule has 0 unspecified atom stereocenters. The lowest BCUT2D eigenvalue weighted by molar-refractivity contribution is -0.136. The van der Waals surface area contributed by atoms with Gasteiger partial charge in [-0.25, -0.2) is 16.8 Å². The second kappa shape index (κ2) is 8.39. The third-order valence-corrected chi connectivity index (χ3v) is 6.44. The Morgan fingerprint density at radius 1 is 0.893 bits per heavy atom. The molecule has 0 radical (unpaired) electrons. The van der Waals surface area contributed by atoms with Gasteiger partial charge in [0.15, 0.2) is 0 Å². The molecule has 28 heavy (non-hydrogen) atoms. The van der Waals surface area contributed by atoms with Gasteiger partial charge in [-0.3, -0.25) is 9.44 Å². The smallest absolute Gasteiger partial charge is 0.284 e. The first-order valence-electron chi connectivity index (χ1n) is 8.24. The molecule has 0 bridgehead atoms. The van der Waals surface area contributed by atoms with E-state index in [4.69, 9.17) is 0 Å². The molecule has 0 fully saturated rings. The summed E-state index contributed by atoms with van der Waals surface area (Å²) in [6.45, 7) is 1.85. The minimum Gasteiger partial charge on any atom is -0.284 e. The summed E-state index contributed by atoms with van der Waals surface area (Å²) in [6.07, 6.45) is -3.55. The van der Waals surface area contributed by atoms with Crippen molar-refractivity contribution in [2.75, 3.05) is 15.2 Å². The lowest BCUT2D eigenvalue weighted by Gasteiger charge is -2.15. The maximum Gasteiger partial charge on any atom is 0.418 e. The van der Waals surface area contributed by atoms with Crippen molar-refractivity contribution < 1.29 is 30.0 Å². The third-order valence-electron chi connectivity index (χ3n) is 3.68. The largest absolute Gasteiger partial charge is 0.418 e. The van der Waals surface area contributed by atoms with E-state index in [9.17, 15) is 30.0 Å². The van der Waals surface area contributed by atoms with Crippen LogP contribution in [0.1, 0.15) is 25.3 Å². The van der Waals surface area contributed by atoms with Crippen molar-refractivity contribution in [2.24, 2.45) is 0 Å². The molecule has 0 aliphatic heterocycles. The molecule has 11 heteroatoms. The molecule has 154 valence electrons. The van der Waals surface area contributed by atoms with Crippen LogP contribution in [0.3, 0.4) is 0 Å². The summed E-state index contributed by atoms with van der Waals surface area (Å²) in [5.74, 6) is -0.0701. The SMILES string of the molecule is CCCCS(=O)(=O)Nc1ccc(S(=O)(=O)Nc2ccccc2C(F)(F)F)cc1. The molecule has 2 N–H and O–H groups in total. The Bertz CT molecular complexity index is 1020. The van der Waals surface area contributed by atoms with Crippen LogP contribution < -0.4 is 9.44 Å². The summed E-state index contributed by atoms with van der Waals surface area (Å²) in [6, 6.07) is 8.89. The van der Waals surface area contributed by atoms with Gasteiger partial charge in [0.2, 0.25) is 10.0 Å². The van der Waals surface area contributed by atoms with Crippen LogP contribution in [-0.2, 0) is 26.2 Å². The van der Waals surface area contributed by atoms with Crippen molar-refractivity contribution in [2.45, 2.75) is 30.8 Å². The van der Waals surface area contributed by atoms with Crippen LogP contribution in [0.25, 0.3) is 0 Å². The number of sulfonamides is 2. The molecule has 0 aromatic heterocycles. The molecular weight excluding hydrogens is 417 g/mol. The van der Waals surface area contributed by atoms with Crippen molar-refractivity contribution >= 4 is 31.4 Å². The summed E-state index contributed by atoms with van der Waals surface area (Å²) >= 11 is 0. The fourth-order valence-corrected chi connectivity index (χ4v) is 4.64. The zero-order valence-corrected chi connectivity index (χ0v) is 16.5. The number of halogens is 3. The Labute approximate surface area is 161 Å². The van der Waals surface area contributed by atoms with Gasteiger partial charge in [-0.15, -0.1) is 0 Å². The minimum atomic E-state index is -4.72. The normalized spacial score (nSPS) is 12.6. The number of hydrogen-bond acceptors (Lipinski definition) is 4. The Morgan fingerprint density at radius 3 is 2.07 bits per heavy atom. The molecule has 0 aliphatic carbocycles. The highest BCUT2D eigenvalue weighted by Gasteiger charge is 2.34. The van der Waals surface area contributed by atoms with E-state index in [1.54, 1.807) is 0 Å². The molecule has 0 atom stereocenters. The summed E-state index contributed by atoms with van der Waals surface area (Å²) in [4.78, 5) is -0.305. The Balaban J connectivity index is 2.22. The maximum absolute atomic E-state index is 13.0. The van der Waals surface area contributed by atoms with Gasteiger partial charge in [-0.1, -0.05) is 25.5 Å². The molecule has 0 saturated carbocycles. The molecule has 0 amide bonds. The second-order valence-electron chi connectivity index (χ2n) is 5.95. The number of nitrogens with one attached hydrogen (secondary N) is 2. The van der Waals surface area contributed by atoms with Gasteiger partial charge in [0.05, 0.1) is 21.9 Å². The van der Waals surface area contributed by atoms with Crippen molar-refractivity contribution in [3.8, 4) is 0 Å². The Morgan fingerprint density at radius 2 is 1.50 bits per heavy atom. The van der Waals surface area contributed by atoms with Crippen molar-refractivity contribution in [1.29, 1.82) is 0 Å². The van der Waals surface area contributed by atoms with Gasteiger partial charge < -0.3 is 0 Å². The number of hydrogen-bond donors (Lipinski definition) is 2. The standard InChI is InChI=1S/C17H19F3N2O4S2/c1-2-3-12-27(23,24)21-13-8-10-14(11-9-13)28(25,26)22-16-7-5-4-6-15(16)17(18,19)20/h4-11,21-22H,2-3,12H2,1H3. The van der Waals surface area contributed by atoms with Gasteiger partial charge >= 0.3 is 6.18 Å². The first-order valence-corrected chi connectivity index (χ1v) is 11.4. The van der Waals surface area contributed by atoms with Crippen LogP contribution in [-0.4, -0.2) is 22.6 Å². The topological polar surface area (TPSA) is 92.3 Å². The number of alkyl halides is 3. The molecule has 0 spiro atoms. The van der Waals surface area contributed by atoms with Crippen LogP contribution in [0.15, 0.2) is 53.4 Å². The maximum atomic E-state index is 13.0. The number of anilines is 2. The first kappa shape index (κ1) is 22.0. The van der Waals surface area contributed by atoms with E-state index in [2.05, 4.69) is 4.72 Å². The Hall–Kier alpha value is -2.27. The fraction of sp³-hybridized carbons (Fsp3) is 0.294. The molecule has 0 saturated heterocycles. The molecule has 2 aromatic rings. The van der Waals surface area contributed by atoms with Crippen LogP contribution in [0.2, 0.25) is 0 Å². The molecule has 0 aliphatic rings. The van der Waals surface area contributed by atoms with Crippen molar-refractivity contribution in [3.63, 3.8) is 0 Å². The van der Waals surface area contributed by atoms with Crippen molar-refractivity contribution in [1.82, 2.24) is 0 Å². The number of para-hydroxylation sites is 1. The molecule has 2 aromatic carbocycles. The van der Waals surface area contributed by atoms with E-state index in [-0.39, 0.29) is 16.3 Å². The predicted molar refractivity (Wildman–Crippen MR) is 101 cm³/mol. The van der Waals surface area contributed by atoms with Crippen LogP contribution >= 0.6 is 0 Å². The first-order chi connectivity index (χ1) is 12.9. The number of unbranched alkanes of at least 4 members (excludes halogenated alkanes) is 1. The van der Waals surface area contributed by atoms with Crippen LogP contribution in [0.5, 0.6) is 0 Å². The molecule has 6 nitrogen and oxygen atoms in total. The summed E-state index contributed by atoms with van der Waals surface area (Å²) in [5, 5.41) is 0. The highest BCUT2D eigenvalue weighted by molar-refractivity contribution is 7.93. The van der Waals surface area contributed by atoms with E-state index in [1.165, 1.54) is 18.2 Å². The molecule has 2 rings (SSSR count). The summed E-state index contributed by atoms with van der Waals surface area (Å²) in [7, 11) is -7.85. The van der Waals surface area contributed by atoms with Crippen LogP contribution in [0.4, 0.5) is 24.5 Å². The monoisotopic (exact) mass is 436 g/mol. The molecular formula is C17H19F3N2O4S2. The third kappa shape index (κ3) is 5.86. The van der Waals surface area contributed by atoms with E-state index in [1.807, 2.05) is 11.6 Å². The van der Waals surface area contributed by atoms with Gasteiger partial charge in [-0.05, 0) is 42.8 Å². The van der Waals surface area contributed by atoms with Gasteiger partial charge in [0, 0.05) is 5.69 Å². The minimum absolute atomic E-state index is 0.0701. The zero-order valence-electron chi connectivity index (χ0n) is 14.8. The summed E-state index contributed by atoms with van der Waals surface area (Å²) < 4.78 is 91.8. The lowest BCUT2D eigenvalue weighted by Crippen LogP contribution is -2.18. The van der Waals surface area contributed by atoms with Gasteiger partial charge in [0.1, 0.15) is 0 Å². The summed E-state index contributed by atoms with van der Waals surface area (Å²) in [5.41, 5.74) is -1.55. The highest BCUT2D eigenvalue weighted by Crippen LogP contribution is 2.35. The Kier molecular flexibility index (Phi) is 6.60. The van der Waals surface area contributed by atoms with E-state index in [0.717, 1.165) is 30.3 Å².